The van der Waals surface area contributed by atoms with Crippen LogP contribution < -0.4 is 4.74 Å². The van der Waals surface area contributed by atoms with Crippen LogP contribution in [0.4, 0.5) is 0 Å². The number of rotatable bonds is 4. The molecule has 0 radical (unpaired) electrons. The first-order chi connectivity index (χ1) is 10.7. The summed E-state index contributed by atoms with van der Waals surface area (Å²) in [6.07, 6.45) is 2.95. The molecule has 0 unspecified atom stereocenters. The average Bonchev–Trinajstić information content (AvgIpc) is 2.99. The molecule has 1 aliphatic rings. The van der Waals surface area contributed by atoms with Crippen LogP contribution in [0.2, 0.25) is 5.02 Å². The standard InChI is InChI=1S/C17H17ClN2O2/c18-14-6-4-13(5-7-14)11-17(21)20-10-8-15(12-20)22-16-3-1-2-9-19-16/h1-7,9,15H,8,10-12H2/t15-/m0/s1. The zero-order chi connectivity index (χ0) is 15.4. The fourth-order valence-corrected chi connectivity index (χ4v) is 2.65. The van der Waals surface area contributed by atoms with Gasteiger partial charge in [0.15, 0.2) is 0 Å². The van der Waals surface area contributed by atoms with E-state index in [9.17, 15) is 4.79 Å². The molecule has 1 saturated heterocycles. The van der Waals surface area contributed by atoms with Crippen LogP contribution in [0.1, 0.15) is 12.0 Å². The molecule has 1 amide bonds. The largest absolute Gasteiger partial charge is 0.472 e. The van der Waals surface area contributed by atoms with Crippen molar-refractivity contribution in [1.29, 1.82) is 0 Å². The summed E-state index contributed by atoms with van der Waals surface area (Å²) in [4.78, 5) is 18.3. The molecule has 5 heteroatoms. The van der Waals surface area contributed by atoms with Crippen LogP contribution in [0.5, 0.6) is 5.88 Å². The third kappa shape index (κ3) is 3.77. The van der Waals surface area contributed by atoms with Crippen molar-refractivity contribution in [3.8, 4) is 5.88 Å². The molecule has 0 N–H and O–H groups in total. The van der Waals surface area contributed by atoms with E-state index in [-0.39, 0.29) is 12.0 Å². The zero-order valence-electron chi connectivity index (χ0n) is 12.1. The van der Waals surface area contributed by atoms with Crippen molar-refractivity contribution in [3.05, 3.63) is 59.2 Å². The van der Waals surface area contributed by atoms with E-state index in [1.54, 1.807) is 18.3 Å². The molecular formula is C17H17ClN2O2. The number of likely N-dealkylation sites (tertiary alicyclic amines) is 1. The number of carbonyl (C=O) groups is 1. The Hall–Kier alpha value is -2.07. The van der Waals surface area contributed by atoms with Crippen LogP contribution in [0.25, 0.3) is 0 Å². The summed E-state index contributed by atoms with van der Waals surface area (Å²) in [6, 6.07) is 13.0. The van der Waals surface area contributed by atoms with Gasteiger partial charge in [-0.15, -0.1) is 0 Å². The first-order valence-corrected chi connectivity index (χ1v) is 7.68. The van der Waals surface area contributed by atoms with E-state index >= 15 is 0 Å². The molecule has 3 rings (SSSR count). The molecule has 2 aromatic rings. The number of carbonyl (C=O) groups excluding carboxylic acids is 1. The van der Waals surface area contributed by atoms with Crippen LogP contribution >= 0.6 is 11.6 Å². The lowest BCUT2D eigenvalue weighted by molar-refractivity contribution is -0.129. The zero-order valence-corrected chi connectivity index (χ0v) is 12.9. The maximum Gasteiger partial charge on any atom is 0.227 e. The predicted molar refractivity (Wildman–Crippen MR) is 85.0 cm³/mol. The Morgan fingerprint density at radius 2 is 2.09 bits per heavy atom. The van der Waals surface area contributed by atoms with Crippen molar-refractivity contribution in [2.45, 2.75) is 18.9 Å². The molecule has 1 aromatic heterocycles. The van der Waals surface area contributed by atoms with E-state index < -0.39 is 0 Å². The molecule has 0 bridgehead atoms. The molecule has 1 fully saturated rings. The summed E-state index contributed by atoms with van der Waals surface area (Å²) < 4.78 is 5.80. The molecule has 1 atom stereocenters. The van der Waals surface area contributed by atoms with Gasteiger partial charge in [0.1, 0.15) is 6.10 Å². The number of benzene rings is 1. The Kier molecular flexibility index (Phi) is 4.59. The number of pyridine rings is 1. The number of hydrogen-bond acceptors (Lipinski definition) is 3. The van der Waals surface area contributed by atoms with Crippen molar-refractivity contribution >= 4 is 17.5 Å². The van der Waals surface area contributed by atoms with Crippen LogP contribution in [0.15, 0.2) is 48.7 Å². The van der Waals surface area contributed by atoms with Crippen molar-refractivity contribution < 1.29 is 9.53 Å². The molecule has 1 aromatic carbocycles. The second kappa shape index (κ2) is 6.79. The van der Waals surface area contributed by atoms with Crippen molar-refractivity contribution in [2.75, 3.05) is 13.1 Å². The Morgan fingerprint density at radius 3 is 2.82 bits per heavy atom. The van der Waals surface area contributed by atoms with Gasteiger partial charge in [-0.1, -0.05) is 29.8 Å². The molecule has 4 nitrogen and oxygen atoms in total. The number of amides is 1. The lowest BCUT2D eigenvalue weighted by atomic mass is 10.1. The van der Waals surface area contributed by atoms with Gasteiger partial charge in [0.25, 0.3) is 0 Å². The number of hydrogen-bond donors (Lipinski definition) is 0. The van der Waals surface area contributed by atoms with E-state index in [1.807, 2.05) is 35.2 Å². The summed E-state index contributed by atoms with van der Waals surface area (Å²) in [6.45, 7) is 1.34. The van der Waals surface area contributed by atoms with Gasteiger partial charge in [0.2, 0.25) is 11.8 Å². The lowest BCUT2D eigenvalue weighted by Crippen LogP contribution is -2.32. The highest BCUT2D eigenvalue weighted by atomic mass is 35.5. The van der Waals surface area contributed by atoms with Gasteiger partial charge in [-0.25, -0.2) is 4.98 Å². The maximum atomic E-state index is 12.3. The normalized spacial score (nSPS) is 17.5. The minimum absolute atomic E-state index is 0.0177. The third-order valence-corrected chi connectivity index (χ3v) is 3.94. The molecular weight excluding hydrogens is 300 g/mol. The van der Waals surface area contributed by atoms with E-state index in [4.69, 9.17) is 16.3 Å². The molecule has 114 valence electrons. The minimum atomic E-state index is 0.0177. The summed E-state index contributed by atoms with van der Waals surface area (Å²) in [5, 5.41) is 0.682. The fourth-order valence-electron chi connectivity index (χ4n) is 2.53. The highest BCUT2D eigenvalue weighted by molar-refractivity contribution is 6.30. The Morgan fingerprint density at radius 1 is 1.27 bits per heavy atom. The Labute approximate surface area is 134 Å². The smallest absolute Gasteiger partial charge is 0.227 e. The molecule has 0 spiro atoms. The first-order valence-electron chi connectivity index (χ1n) is 7.30. The molecule has 1 aliphatic heterocycles. The minimum Gasteiger partial charge on any atom is -0.472 e. The van der Waals surface area contributed by atoms with Gasteiger partial charge in [-0.2, -0.15) is 0 Å². The number of nitrogens with zero attached hydrogens (tertiary/aromatic N) is 2. The van der Waals surface area contributed by atoms with Crippen LogP contribution in [0, 0.1) is 0 Å². The highest BCUT2D eigenvalue weighted by Gasteiger charge is 2.27. The second-order valence-corrected chi connectivity index (χ2v) is 5.78. The Bertz CT molecular complexity index is 631. The van der Waals surface area contributed by atoms with E-state index in [0.29, 0.717) is 23.9 Å². The van der Waals surface area contributed by atoms with Crippen molar-refractivity contribution in [3.63, 3.8) is 0 Å². The van der Waals surface area contributed by atoms with E-state index in [2.05, 4.69) is 4.98 Å². The van der Waals surface area contributed by atoms with Gasteiger partial charge in [-0.3, -0.25) is 4.79 Å². The molecule has 2 heterocycles. The van der Waals surface area contributed by atoms with Crippen LogP contribution in [-0.4, -0.2) is 35.0 Å². The fraction of sp³-hybridized carbons (Fsp3) is 0.294. The highest BCUT2D eigenvalue weighted by Crippen LogP contribution is 2.18. The number of halogens is 1. The van der Waals surface area contributed by atoms with Gasteiger partial charge < -0.3 is 9.64 Å². The monoisotopic (exact) mass is 316 g/mol. The summed E-state index contributed by atoms with van der Waals surface area (Å²) in [7, 11) is 0. The summed E-state index contributed by atoms with van der Waals surface area (Å²) in [5.41, 5.74) is 0.975. The average molecular weight is 317 g/mol. The number of aromatic nitrogens is 1. The molecule has 0 aliphatic carbocycles. The van der Waals surface area contributed by atoms with E-state index in [0.717, 1.165) is 18.5 Å². The third-order valence-electron chi connectivity index (χ3n) is 3.69. The van der Waals surface area contributed by atoms with Gasteiger partial charge in [0.05, 0.1) is 13.0 Å². The van der Waals surface area contributed by atoms with Gasteiger partial charge in [0, 0.05) is 30.3 Å². The first kappa shape index (κ1) is 14.9. The molecule has 22 heavy (non-hydrogen) atoms. The topological polar surface area (TPSA) is 42.4 Å². The van der Waals surface area contributed by atoms with Gasteiger partial charge >= 0.3 is 0 Å². The molecule has 0 saturated carbocycles. The summed E-state index contributed by atoms with van der Waals surface area (Å²) >= 11 is 5.85. The van der Waals surface area contributed by atoms with Crippen LogP contribution in [-0.2, 0) is 11.2 Å². The quantitative estimate of drug-likeness (QED) is 0.871. The van der Waals surface area contributed by atoms with Crippen molar-refractivity contribution in [2.24, 2.45) is 0 Å². The van der Waals surface area contributed by atoms with Gasteiger partial charge in [-0.05, 0) is 23.8 Å². The predicted octanol–water partition coefficient (Wildman–Crippen LogP) is 2.96. The Balaban J connectivity index is 1.53. The second-order valence-electron chi connectivity index (χ2n) is 5.34. The SMILES string of the molecule is O=C(Cc1ccc(Cl)cc1)N1CC[C@H](Oc2ccccn2)C1. The summed E-state index contributed by atoms with van der Waals surface area (Å²) in [5.74, 6) is 0.731. The maximum absolute atomic E-state index is 12.3. The van der Waals surface area contributed by atoms with Crippen molar-refractivity contribution in [1.82, 2.24) is 9.88 Å². The van der Waals surface area contributed by atoms with E-state index in [1.165, 1.54) is 0 Å². The number of ether oxygens (including phenoxy) is 1. The lowest BCUT2D eigenvalue weighted by Gasteiger charge is -2.17. The van der Waals surface area contributed by atoms with Crippen LogP contribution in [0.3, 0.4) is 0 Å².